The molecule has 0 bridgehead atoms. The number of rotatable bonds is 28. The Morgan fingerprint density at radius 2 is 1.20 bits per heavy atom. The van der Waals surface area contributed by atoms with Gasteiger partial charge in [-0.15, -0.1) is 0 Å². The van der Waals surface area contributed by atoms with Crippen LogP contribution in [0.5, 0.6) is 0 Å². The molecule has 0 aliphatic carbocycles. The topological polar surface area (TPSA) is 91.7 Å². The van der Waals surface area contributed by atoms with Gasteiger partial charge in [-0.1, -0.05) is 110 Å². The maximum atomic E-state index is 12.3. The van der Waals surface area contributed by atoms with Crippen molar-refractivity contribution < 1.29 is 24.6 Å². The number of allylic oxidation sites excluding steroid dienone is 1. The molecule has 2 N–H and O–H groups in total. The maximum absolute atomic E-state index is 12.3. The molecule has 0 saturated carbocycles. The fourth-order valence-electron chi connectivity index (χ4n) is 5.12. The van der Waals surface area contributed by atoms with E-state index in [-0.39, 0.29) is 18.6 Å². The first-order chi connectivity index (χ1) is 19.0. The summed E-state index contributed by atoms with van der Waals surface area (Å²) in [5, 5.41) is 18.2. The third kappa shape index (κ3) is 25.7. The number of aliphatic carboxylic acids is 2. The van der Waals surface area contributed by atoms with E-state index in [9.17, 15) is 19.5 Å². The van der Waals surface area contributed by atoms with E-state index in [4.69, 9.17) is 5.11 Å². The molecule has 0 aromatic rings. The molecular formula is C34H62O5S. The van der Waals surface area contributed by atoms with Gasteiger partial charge in [0, 0.05) is 30.8 Å². The van der Waals surface area contributed by atoms with Crippen LogP contribution in [-0.4, -0.2) is 39.4 Å². The Morgan fingerprint density at radius 1 is 0.675 bits per heavy atom. The molecule has 0 fully saturated rings. The summed E-state index contributed by atoms with van der Waals surface area (Å²) in [5.41, 5.74) is 1.38. The van der Waals surface area contributed by atoms with Crippen LogP contribution in [0.4, 0.5) is 0 Å². The zero-order valence-electron chi connectivity index (χ0n) is 26.6. The highest BCUT2D eigenvalue weighted by Gasteiger charge is 2.20. The highest BCUT2D eigenvalue weighted by atomic mass is 32.2. The standard InChI is InChI=1S/C34H62O5S/c1-27(2)15-12-16-28(3)17-13-18-29(4)19-14-20-30(5)23-24-40-26-31(34(38)39)25-32(35)21-10-8-6-7-9-11-22-33(36)37/h23,27-29,31H,6-22,24-26H2,1-5H3,(H,36,37)(H,38,39)/b30-23+. The van der Waals surface area contributed by atoms with Gasteiger partial charge in [-0.25, -0.2) is 0 Å². The van der Waals surface area contributed by atoms with Crippen LogP contribution in [0.3, 0.4) is 0 Å². The van der Waals surface area contributed by atoms with Crippen molar-refractivity contribution in [3.05, 3.63) is 11.6 Å². The van der Waals surface area contributed by atoms with Crippen LogP contribution in [0.1, 0.15) is 150 Å². The smallest absolute Gasteiger partial charge is 0.307 e. The third-order valence-electron chi connectivity index (χ3n) is 7.93. The van der Waals surface area contributed by atoms with E-state index in [2.05, 4.69) is 40.7 Å². The van der Waals surface area contributed by atoms with Gasteiger partial charge in [0.1, 0.15) is 5.78 Å². The summed E-state index contributed by atoms with van der Waals surface area (Å²) < 4.78 is 0. The van der Waals surface area contributed by atoms with E-state index in [1.54, 1.807) is 11.8 Å². The van der Waals surface area contributed by atoms with E-state index < -0.39 is 17.9 Å². The molecule has 5 nitrogen and oxygen atoms in total. The summed E-state index contributed by atoms with van der Waals surface area (Å²) in [6, 6.07) is 0. The van der Waals surface area contributed by atoms with Crippen molar-refractivity contribution in [2.24, 2.45) is 23.7 Å². The van der Waals surface area contributed by atoms with E-state index >= 15 is 0 Å². The minimum Gasteiger partial charge on any atom is -0.481 e. The normalized spacial score (nSPS) is 14.3. The molecule has 40 heavy (non-hydrogen) atoms. The van der Waals surface area contributed by atoms with Crippen LogP contribution in [0.2, 0.25) is 0 Å². The Bertz CT molecular complexity index is 702. The summed E-state index contributed by atoms with van der Waals surface area (Å²) in [6.07, 6.45) is 20.1. The number of unbranched alkanes of at least 4 members (excludes halogenated alkanes) is 5. The summed E-state index contributed by atoms with van der Waals surface area (Å²) in [6.45, 7) is 11.6. The quantitative estimate of drug-likeness (QED) is 0.0704. The summed E-state index contributed by atoms with van der Waals surface area (Å²) in [5.74, 6) is 1.54. The summed E-state index contributed by atoms with van der Waals surface area (Å²) in [4.78, 5) is 34.5. The number of hydrogen-bond acceptors (Lipinski definition) is 4. The van der Waals surface area contributed by atoms with Crippen molar-refractivity contribution >= 4 is 29.5 Å². The lowest BCUT2D eigenvalue weighted by molar-refractivity contribution is -0.143. The lowest BCUT2D eigenvalue weighted by atomic mass is 9.91. The third-order valence-corrected chi connectivity index (χ3v) is 8.97. The number of carbonyl (C=O) groups is 3. The zero-order chi connectivity index (χ0) is 30.2. The van der Waals surface area contributed by atoms with Crippen molar-refractivity contribution in [1.29, 1.82) is 0 Å². The average molecular weight is 583 g/mol. The lowest BCUT2D eigenvalue weighted by Crippen LogP contribution is -2.20. The van der Waals surface area contributed by atoms with E-state index in [1.807, 2.05) is 0 Å². The van der Waals surface area contributed by atoms with Crippen molar-refractivity contribution in [1.82, 2.24) is 0 Å². The van der Waals surface area contributed by atoms with Gasteiger partial charge in [-0.3, -0.25) is 14.4 Å². The van der Waals surface area contributed by atoms with Crippen LogP contribution in [0.15, 0.2) is 11.6 Å². The van der Waals surface area contributed by atoms with Crippen molar-refractivity contribution in [3.8, 4) is 0 Å². The first-order valence-corrected chi connectivity index (χ1v) is 17.4. The predicted molar refractivity (Wildman–Crippen MR) is 171 cm³/mol. The Labute approximate surface area is 250 Å². The molecule has 0 saturated heterocycles. The number of carbonyl (C=O) groups excluding carboxylic acids is 1. The number of hydrogen-bond donors (Lipinski definition) is 2. The summed E-state index contributed by atoms with van der Waals surface area (Å²) in [7, 11) is 0. The van der Waals surface area contributed by atoms with Crippen molar-refractivity contribution in [2.75, 3.05) is 11.5 Å². The SMILES string of the molecule is C/C(=C\CSCC(CC(=O)CCCCCCCCC(=O)O)C(=O)O)CCCC(C)CCCC(C)CCCC(C)C. The van der Waals surface area contributed by atoms with Gasteiger partial charge in [-0.05, 0) is 50.4 Å². The number of carboxylic acid groups (broad SMARTS) is 2. The minimum absolute atomic E-state index is 0.0419. The number of carboxylic acids is 2. The second-order valence-corrected chi connectivity index (χ2v) is 13.8. The van der Waals surface area contributed by atoms with E-state index in [0.717, 1.165) is 62.0 Å². The predicted octanol–water partition coefficient (Wildman–Crippen LogP) is 9.97. The Morgan fingerprint density at radius 3 is 1.75 bits per heavy atom. The Balaban J connectivity index is 3.96. The first-order valence-electron chi connectivity index (χ1n) is 16.2. The fraction of sp³-hybridized carbons (Fsp3) is 0.853. The molecule has 0 aromatic carbocycles. The molecule has 0 rings (SSSR count). The van der Waals surface area contributed by atoms with Gasteiger partial charge < -0.3 is 10.2 Å². The molecule has 0 radical (unpaired) electrons. The maximum Gasteiger partial charge on any atom is 0.307 e. The second kappa shape index (κ2) is 25.4. The fourth-order valence-corrected chi connectivity index (χ4v) is 6.20. The average Bonchev–Trinajstić information content (AvgIpc) is 2.86. The first kappa shape index (κ1) is 38.7. The monoisotopic (exact) mass is 582 g/mol. The van der Waals surface area contributed by atoms with Gasteiger partial charge in [-0.2, -0.15) is 11.8 Å². The molecule has 0 aromatic heterocycles. The van der Waals surface area contributed by atoms with Gasteiger partial charge in [0.2, 0.25) is 0 Å². The van der Waals surface area contributed by atoms with Crippen LogP contribution < -0.4 is 0 Å². The zero-order valence-corrected chi connectivity index (χ0v) is 27.4. The number of Topliss-reactive ketones (excluding diaryl/α,β-unsaturated/α-hetero) is 1. The van der Waals surface area contributed by atoms with Crippen LogP contribution in [0.25, 0.3) is 0 Å². The number of ketones is 1. The van der Waals surface area contributed by atoms with Crippen LogP contribution >= 0.6 is 11.8 Å². The van der Waals surface area contributed by atoms with Crippen molar-refractivity contribution in [3.63, 3.8) is 0 Å². The van der Waals surface area contributed by atoms with Gasteiger partial charge in [0.15, 0.2) is 0 Å². The molecule has 0 spiro atoms. The van der Waals surface area contributed by atoms with E-state index in [0.29, 0.717) is 18.6 Å². The van der Waals surface area contributed by atoms with Gasteiger partial charge in [0.25, 0.3) is 0 Å². The van der Waals surface area contributed by atoms with Crippen LogP contribution in [0, 0.1) is 23.7 Å². The molecule has 6 heteroatoms. The minimum atomic E-state index is -0.876. The number of thioether (sulfide) groups is 1. The molecule has 3 unspecified atom stereocenters. The lowest BCUT2D eigenvalue weighted by Gasteiger charge is -2.15. The highest BCUT2D eigenvalue weighted by molar-refractivity contribution is 7.99. The molecule has 0 aliphatic rings. The molecule has 234 valence electrons. The molecule has 0 heterocycles. The summed E-state index contributed by atoms with van der Waals surface area (Å²) >= 11 is 1.61. The van der Waals surface area contributed by atoms with Gasteiger partial charge >= 0.3 is 11.9 Å². The Kier molecular flexibility index (Phi) is 24.6. The van der Waals surface area contributed by atoms with E-state index in [1.165, 1.54) is 56.9 Å². The Hall–Kier alpha value is -1.30. The van der Waals surface area contributed by atoms with Gasteiger partial charge in [0.05, 0.1) is 5.92 Å². The second-order valence-electron chi connectivity index (χ2n) is 12.7. The molecular weight excluding hydrogens is 520 g/mol. The van der Waals surface area contributed by atoms with Crippen LogP contribution in [-0.2, 0) is 14.4 Å². The molecule has 0 aliphatic heterocycles. The largest absolute Gasteiger partial charge is 0.481 e. The molecule has 0 amide bonds. The molecule has 3 atom stereocenters. The highest BCUT2D eigenvalue weighted by Crippen LogP contribution is 2.22. The van der Waals surface area contributed by atoms with Crippen molar-refractivity contribution in [2.45, 2.75) is 150 Å².